The standard InChI is InChI=1S/C26H48O6/c1-2-3-4-5-6-7-8-9-10-11-12-13-14-15-16-17-18-19-20-31-25-23(29)26(30)32-24(25)22(28)21-27/h22,24,27-29H,2-21H2,1H3/t22-,24+/m0/s1. The molecule has 1 aliphatic rings. The van der Waals surface area contributed by atoms with Gasteiger partial charge in [-0.1, -0.05) is 116 Å². The summed E-state index contributed by atoms with van der Waals surface area (Å²) in [6.45, 7) is 2.05. The lowest BCUT2D eigenvalue weighted by Gasteiger charge is -2.18. The van der Waals surface area contributed by atoms with Gasteiger partial charge in [-0.25, -0.2) is 4.79 Å². The quantitative estimate of drug-likeness (QED) is 0.135. The largest absolute Gasteiger partial charge is 0.499 e. The SMILES string of the molecule is CCCCCCCCCCCCCCCCCCCCOC1=C(O)C(=O)O[C@@H]1[C@@H](O)CO. The van der Waals surface area contributed by atoms with Gasteiger partial charge in [-0.05, 0) is 6.42 Å². The van der Waals surface area contributed by atoms with Crippen molar-refractivity contribution in [3.05, 3.63) is 11.5 Å². The highest BCUT2D eigenvalue weighted by Gasteiger charge is 2.40. The maximum Gasteiger partial charge on any atom is 0.378 e. The lowest BCUT2D eigenvalue weighted by atomic mass is 10.0. The highest BCUT2D eigenvalue weighted by molar-refractivity contribution is 5.89. The number of hydrogen-bond donors (Lipinski definition) is 3. The fourth-order valence-electron chi connectivity index (χ4n) is 4.15. The van der Waals surface area contributed by atoms with Gasteiger partial charge < -0.3 is 24.8 Å². The summed E-state index contributed by atoms with van der Waals surface area (Å²) in [6.07, 6.45) is 21.1. The Morgan fingerprint density at radius 2 is 1.19 bits per heavy atom. The Morgan fingerprint density at radius 3 is 1.59 bits per heavy atom. The minimum absolute atomic E-state index is 0.0662. The topological polar surface area (TPSA) is 96.2 Å². The number of hydrogen-bond acceptors (Lipinski definition) is 6. The molecule has 32 heavy (non-hydrogen) atoms. The number of aliphatic hydroxyl groups excluding tert-OH is 3. The lowest BCUT2D eigenvalue weighted by Crippen LogP contribution is -2.32. The summed E-state index contributed by atoms with van der Waals surface area (Å²) in [4.78, 5) is 11.4. The summed E-state index contributed by atoms with van der Waals surface area (Å²) in [5.74, 6) is -1.59. The van der Waals surface area contributed by atoms with E-state index in [1.807, 2.05) is 0 Å². The van der Waals surface area contributed by atoms with Crippen LogP contribution in [0.15, 0.2) is 11.5 Å². The van der Waals surface area contributed by atoms with Gasteiger partial charge in [-0.2, -0.15) is 0 Å². The van der Waals surface area contributed by atoms with E-state index in [-0.39, 0.29) is 5.76 Å². The van der Waals surface area contributed by atoms with E-state index in [1.54, 1.807) is 0 Å². The van der Waals surface area contributed by atoms with Crippen LogP contribution in [0.4, 0.5) is 0 Å². The molecule has 6 nitrogen and oxygen atoms in total. The Bertz CT molecular complexity index is 505. The van der Waals surface area contributed by atoms with Crippen molar-refractivity contribution in [2.45, 2.75) is 135 Å². The Labute approximate surface area is 195 Å². The van der Waals surface area contributed by atoms with Crippen LogP contribution in [0.2, 0.25) is 0 Å². The van der Waals surface area contributed by atoms with Crippen LogP contribution in [-0.2, 0) is 14.3 Å². The molecular weight excluding hydrogens is 408 g/mol. The van der Waals surface area contributed by atoms with Gasteiger partial charge in [0, 0.05) is 0 Å². The molecule has 3 N–H and O–H groups in total. The molecule has 1 heterocycles. The molecule has 2 atom stereocenters. The molecule has 1 aliphatic heterocycles. The minimum atomic E-state index is -1.29. The second-order valence-electron chi connectivity index (χ2n) is 9.15. The maximum atomic E-state index is 11.4. The smallest absolute Gasteiger partial charge is 0.378 e. The van der Waals surface area contributed by atoms with Crippen LogP contribution in [0.5, 0.6) is 0 Å². The van der Waals surface area contributed by atoms with E-state index >= 15 is 0 Å². The van der Waals surface area contributed by atoms with Crippen LogP contribution >= 0.6 is 0 Å². The fraction of sp³-hybridized carbons (Fsp3) is 0.885. The van der Waals surface area contributed by atoms with Crippen LogP contribution in [0.1, 0.15) is 122 Å². The van der Waals surface area contributed by atoms with Crippen LogP contribution in [0.3, 0.4) is 0 Å². The molecule has 0 spiro atoms. The van der Waals surface area contributed by atoms with Gasteiger partial charge in [0.05, 0.1) is 13.2 Å². The first kappa shape index (κ1) is 28.8. The van der Waals surface area contributed by atoms with Crippen molar-refractivity contribution in [2.24, 2.45) is 0 Å². The first-order valence-electron chi connectivity index (χ1n) is 13.2. The van der Waals surface area contributed by atoms with Crippen LogP contribution in [0.25, 0.3) is 0 Å². The Morgan fingerprint density at radius 1 is 0.781 bits per heavy atom. The Balaban J connectivity index is 1.86. The number of carbonyl (C=O) groups excluding carboxylic acids is 1. The van der Waals surface area contributed by atoms with Gasteiger partial charge in [0.1, 0.15) is 6.10 Å². The van der Waals surface area contributed by atoms with Gasteiger partial charge in [0.25, 0.3) is 0 Å². The molecule has 0 unspecified atom stereocenters. The van der Waals surface area contributed by atoms with Crippen molar-refractivity contribution in [3.63, 3.8) is 0 Å². The summed E-state index contributed by atoms with van der Waals surface area (Å²) >= 11 is 0. The fourth-order valence-corrected chi connectivity index (χ4v) is 4.15. The van der Waals surface area contributed by atoms with Gasteiger partial charge >= 0.3 is 5.97 Å². The second kappa shape index (κ2) is 19.2. The van der Waals surface area contributed by atoms with E-state index in [1.165, 1.54) is 96.3 Å². The van der Waals surface area contributed by atoms with E-state index in [9.17, 15) is 15.0 Å². The van der Waals surface area contributed by atoms with Gasteiger partial charge in [-0.15, -0.1) is 0 Å². The normalized spacial score (nSPS) is 17.1. The number of ether oxygens (including phenoxy) is 2. The third-order valence-corrected chi connectivity index (χ3v) is 6.21. The van der Waals surface area contributed by atoms with Crippen molar-refractivity contribution < 1.29 is 29.6 Å². The van der Waals surface area contributed by atoms with E-state index in [0.29, 0.717) is 6.61 Å². The Hall–Kier alpha value is -1.27. The van der Waals surface area contributed by atoms with E-state index in [2.05, 4.69) is 6.92 Å². The molecule has 0 amide bonds. The molecule has 0 aromatic rings. The third-order valence-electron chi connectivity index (χ3n) is 6.21. The third kappa shape index (κ3) is 12.7. The van der Waals surface area contributed by atoms with Crippen molar-refractivity contribution in [2.75, 3.05) is 13.2 Å². The first-order valence-corrected chi connectivity index (χ1v) is 13.2. The van der Waals surface area contributed by atoms with Crippen molar-refractivity contribution in [3.8, 4) is 0 Å². The van der Waals surface area contributed by atoms with Gasteiger partial charge in [-0.3, -0.25) is 0 Å². The average molecular weight is 457 g/mol. The molecule has 0 radical (unpaired) electrons. The molecule has 0 saturated heterocycles. The molecule has 6 heteroatoms. The summed E-state index contributed by atoms with van der Waals surface area (Å²) in [5, 5.41) is 28.4. The van der Waals surface area contributed by atoms with Crippen LogP contribution < -0.4 is 0 Å². The number of cyclic esters (lactones) is 1. The number of esters is 1. The highest BCUT2D eigenvalue weighted by Crippen LogP contribution is 2.25. The predicted octanol–water partition coefficient (Wildman–Crippen LogP) is 6.09. The van der Waals surface area contributed by atoms with Crippen molar-refractivity contribution in [1.82, 2.24) is 0 Å². The summed E-state index contributed by atoms with van der Waals surface area (Å²) < 4.78 is 10.3. The van der Waals surface area contributed by atoms with Crippen LogP contribution in [0, 0.1) is 0 Å². The molecule has 1 rings (SSSR count). The lowest BCUT2D eigenvalue weighted by molar-refractivity contribution is -0.148. The van der Waals surface area contributed by atoms with Gasteiger partial charge in [0.15, 0.2) is 11.9 Å². The van der Waals surface area contributed by atoms with Crippen molar-refractivity contribution in [1.29, 1.82) is 0 Å². The molecule has 0 aromatic carbocycles. The number of unbranched alkanes of at least 4 members (excludes halogenated alkanes) is 17. The minimum Gasteiger partial charge on any atom is -0.499 e. The number of aliphatic hydroxyl groups is 3. The van der Waals surface area contributed by atoms with E-state index in [0.717, 1.165) is 19.3 Å². The van der Waals surface area contributed by atoms with Gasteiger partial charge in [0.2, 0.25) is 5.76 Å². The van der Waals surface area contributed by atoms with Crippen LogP contribution in [-0.4, -0.2) is 46.7 Å². The summed E-state index contributed by atoms with van der Waals surface area (Å²) in [7, 11) is 0. The molecule has 0 saturated carbocycles. The number of rotatable bonds is 22. The molecule has 0 bridgehead atoms. The highest BCUT2D eigenvalue weighted by atomic mass is 16.6. The molecule has 0 aliphatic carbocycles. The number of carbonyl (C=O) groups is 1. The zero-order chi connectivity index (χ0) is 23.4. The molecule has 188 valence electrons. The zero-order valence-electron chi connectivity index (χ0n) is 20.4. The first-order chi connectivity index (χ1) is 15.6. The predicted molar refractivity (Wildman–Crippen MR) is 127 cm³/mol. The van der Waals surface area contributed by atoms with Crippen molar-refractivity contribution >= 4 is 5.97 Å². The molecule has 0 fully saturated rings. The maximum absolute atomic E-state index is 11.4. The molecular formula is C26H48O6. The Kier molecular flexibility index (Phi) is 17.3. The average Bonchev–Trinajstić information content (AvgIpc) is 3.08. The molecule has 0 aromatic heterocycles. The summed E-state index contributed by atoms with van der Waals surface area (Å²) in [6, 6.07) is 0. The monoisotopic (exact) mass is 456 g/mol. The summed E-state index contributed by atoms with van der Waals surface area (Å²) in [5.41, 5.74) is 0. The van der Waals surface area contributed by atoms with E-state index < -0.39 is 30.5 Å². The zero-order valence-corrected chi connectivity index (χ0v) is 20.4. The second-order valence-corrected chi connectivity index (χ2v) is 9.15. The van der Waals surface area contributed by atoms with E-state index in [4.69, 9.17) is 14.6 Å².